The molecule has 0 spiro atoms. The second-order valence-electron chi connectivity index (χ2n) is 11.5. The van der Waals surface area contributed by atoms with Gasteiger partial charge >= 0.3 is 12.1 Å². The minimum Gasteiger partial charge on any atom is -0.496 e. The van der Waals surface area contributed by atoms with Gasteiger partial charge in [0.25, 0.3) is 0 Å². The number of carbonyl (C=O) groups excluding carboxylic acids is 3. The third-order valence-electron chi connectivity index (χ3n) is 6.31. The number of esters is 1. The molecule has 39 heavy (non-hydrogen) atoms. The number of nitrogens with one attached hydrogen (secondary N) is 1. The number of hydrogen-bond donors (Lipinski definition) is 2. The average Bonchev–Trinajstić information content (AvgIpc) is 3.27. The van der Waals surface area contributed by atoms with Crippen molar-refractivity contribution in [3.8, 4) is 11.5 Å². The highest BCUT2D eigenvalue weighted by Crippen LogP contribution is 2.36. The zero-order valence-electron chi connectivity index (χ0n) is 24.1. The number of halogens is 1. The summed E-state index contributed by atoms with van der Waals surface area (Å²) in [6, 6.07) is 1.29. The van der Waals surface area contributed by atoms with Crippen LogP contribution in [0, 0.1) is 11.3 Å². The Morgan fingerprint density at radius 2 is 1.72 bits per heavy atom. The van der Waals surface area contributed by atoms with Crippen LogP contribution in [0.3, 0.4) is 0 Å². The monoisotopic (exact) mass is 569 g/mol. The number of benzene rings is 1. The summed E-state index contributed by atoms with van der Waals surface area (Å²) in [6.45, 7) is 10.8. The molecule has 0 saturated carbocycles. The number of nitrogens with zero attached hydrogens (tertiary/aromatic N) is 2. The van der Waals surface area contributed by atoms with Crippen LogP contribution in [-0.4, -0.2) is 79.3 Å². The Hall–Kier alpha value is -3.21. The molecule has 11 nitrogen and oxygen atoms in total. The Bertz CT molecular complexity index is 1090. The van der Waals surface area contributed by atoms with E-state index in [9.17, 15) is 19.6 Å². The van der Waals surface area contributed by atoms with Crippen molar-refractivity contribution in [1.29, 1.82) is 0 Å². The minimum absolute atomic E-state index is 0.159. The van der Waals surface area contributed by atoms with E-state index in [0.717, 1.165) is 0 Å². The molecule has 12 heteroatoms. The Morgan fingerprint density at radius 3 is 2.21 bits per heavy atom. The molecular formula is C27H40ClN3O8. The molecule has 1 aromatic carbocycles. The maximum absolute atomic E-state index is 13.8. The third-order valence-corrected chi connectivity index (χ3v) is 6.60. The lowest BCUT2D eigenvalue weighted by molar-refractivity contribution is -0.152. The highest BCUT2D eigenvalue weighted by atomic mass is 35.5. The van der Waals surface area contributed by atoms with E-state index in [0.29, 0.717) is 22.1 Å². The molecule has 2 rings (SSSR count). The number of hydrogen-bond acceptors (Lipinski definition) is 9. The Labute approximate surface area is 234 Å². The predicted molar refractivity (Wildman–Crippen MR) is 146 cm³/mol. The fourth-order valence-electron chi connectivity index (χ4n) is 4.48. The maximum atomic E-state index is 13.8. The molecule has 1 aromatic rings. The number of likely N-dealkylation sites (tertiary alicyclic amines) is 1. The van der Waals surface area contributed by atoms with Crippen LogP contribution in [0.25, 0.3) is 0 Å². The smallest absolute Gasteiger partial charge is 0.408 e. The highest BCUT2D eigenvalue weighted by molar-refractivity contribution is 6.32. The molecule has 0 bridgehead atoms. The van der Waals surface area contributed by atoms with E-state index >= 15 is 0 Å². The van der Waals surface area contributed by atoms with Crippen molar-refractivity contribution in [2.24, 2.45) is 16.5 Å². The number of ether oxygens (including phenoxy) is 4. The molecule has 1 aliphatic heterocycles. The lowest BCUT2D eigenvalue weighted by Crippen LogP contribution is -2.57. The van der Waals surface area contributed by atoms with Gasteiger partial charge in [-0.3, -0.25) is 4.79 Å². The van der Waals surface area contributed by atoms with Gasteiger partial charge in [-0.1, -0.05) is 37.5 Å². The van der Waals surface area contributed by atoms with Crippen molar-refractivity contribution in [1.82, 2.24) is 10.2 Å². The number of alkyl carbamates (subject to hydrolysis) is 1. The summed E-state index contributed by atoms with van der Waals surface area (Å²) >= 11 is 6.31. The first-order valence-electron chi connectivity index (χ1n) is 12.6. The van der Waals surface area contributed by atoms with Gasteiger partial charge in [0, 0.05) is 18.2 Å². The van der Waals surface area contributed by atoms with E-state index in [2.05, 4.69) is 10.5 Å². The average molecular weight is 570 g/mol. The lowest BCUT2D eigenvalue weighted by Gasteiger charge is -2.35. The number of rotatable bonds is 8. The number of amides is 2. The van der Waals surface area contributed by atoms with Crippen molar-refractivity contribution >= 4 is 35.3 Å². The zero-order chi connectivity index (χ0) is 29.7. The van der Waals surface area contributed by atoms with Gasteiger partial charge in [0.15, 0.2) is 0 Å². The number of carbonyl (C=O) groups is 3. The van der Waals surface area contributed by atoms with Gasteiger partial charge in [0.05, 0.1) is 32.1 Å². The van der Waals surface area contributed by atoms with Crippen molar-refractivity contribution in [3.63, 3.8) is 0 Å². The summed E-state index contributed by atoms with van der Waals surface area (Å²) < 4.78 is 21.0. The second kappa shape index (κ2) is 12.8. The van der Waals surface area contributed by atoms with Crippen molar-refractivity contribution < 1.29 is 38.5 Å². The van der Waals surface area contributed by atoms with Crippen LogP contribution in [0.5, 0.6) is 11.5 Å². The molecule has 3 atom stereocenters. The summed E-state index contributed by atoms with van der Waals surface area (Å²) in [5, 5.41) is 16.3. The van der Waals surface area contributed by atoms with Gasteiger partial charge in [-0.25, -0.2) is 9.59 Å². The highest BCUT2D eigenvalue weighted by Gasteiger charge is 2.46. The second-order valence-corrected chi connectivity index (χ2v) is 11.9. The number of oxime groups is 1. The standard InChI is InChI=1S/C27H40ClN3O8/c1-26(2,3)22(29-25(34)39-27(4,5)6)23(32)31-14-15(11-19(31)24(33)38-9)10-18(30-35)16-12-17(28)21(37-8)13-20(16)36-7/h12-13,15,19,22,35H,10-11,14H2,1-9H3,(H,29,34)/b30-18+/t15-,19-,22+/m0/s1. The summed E-state index contributed by atoms with van der Waals surface area (Å²) in [7, 11) is 4.19. The SMILES string of the molecule is COC(=O)[C@@H]1C[C@H](C/C(=N\O)c2cc(Cl)c(OC)cc2OC)CN1C(=O)[C@@H](NC(=O)OC(C)(C)C)C(C)(C)C. The van der Waals surface area contributed by atoms with Gasteiger partial charge in [0.2, 0.25) is 5.91 Å². The first kappa shape index (κ1) is 32.0. The Morgan fingerprint density at radius 1 is 1.10 bits per heavy atom. The fraction of sp³-hybridized carbons (Fsp3) is 0.630. The number of methoxy groups -OCH3 is 3. The lowest BCUT2D eigenvalue weighted by atomic mass is 9.85. The summed E-state index contributed by atoms with van der Waals surface area (Å²) in [4.78, 5) is 40.6. The van der Waals surface area contributed by atoms with Gasteiger partial charge < -0.3 is 34.4 Å². The van der Waals surface area contributed by atoms with Gasteiger partial charge in [0.1, 0.15) is 29.2 Å². The van der Waals surface area contributed by atoms with Crippen LogP contribution in [-0.2, 0) is 19.1 Å². The van der Waals surface area contributed by atoms with Gasteiger partial charge in [-0.2, -0.15) is 0 Å². The van der Waals surface area contributed by atoms with Crippen molar-refractivity contribution in [2.75, 3.05) is 27.9 Å². The van der Waals surface area contributed by atoms with Crippen LogP contribution in [0.4, 0.5) is 4.79 Å². The molecule has 0 radical (unpaired) electrons. The maximum Gasteiger partial charge on any atom is 0.408 e. The third kappa shape index (κ3) is 8.14. The van der Waals surface area contributed by atoms with E-state index in [1.54, 1.807) is 32.9 Å². The first-order chi connectivity index (χ1) is 18.1. The van der Waals surface area contributed by atoms with Crippen LogP contribution in [0.1, 0.15) is 59.9 Å². The molecule has 1 saturated heterocycles. The molecule has 1 aliphatic rings. The Balaban J connectivity index is 2.36. The molecule has 1 fully saturated rings. The molecule has 2 N–H and O–H groups in total. The summed E-state index contributed by atoms with van der Waals surface area (Å²) in [5.74, 6) is -0.531. The van der Waals surface area contributed by atoms with Crippen molar-refractivity contribution in [3.05, 3.63) is 22.7 Å². The van der Waals surface area contributed by atoms with E-state index in [4.69, 9.17) is 30.5 Å². The van der Waals surface area contributed by atoms with Crippen LogP contribution in [0.15, 0.2) is 17.3 Å². The molecule has 218 valence electrons. The van der Waals surface area contributed by atoms with Crippen molar-refractivity contribution in [2.45, 2.75) is 72.1 Å². The molecule has 0 aromatic heterocycles. The fourth-order valence-corrected chi connectivity index (χ4v) is 4.72. The molecule has 1 heterocycles. The predicted octanol–water partition coefficient (Wildman–Crippen LogP) is 4.26. The van der Waals surface area contributed by atoms with Crippen LogP contribution < -0.4 is 14.8 Å². The molecule has 2 amide bonds. The largest absolute Gasteiger partial charge is 0.496 e. The van der Waals surface area contributed by atoms with Gasteiger partial charge in [-0.05, 0) is 51.0 Å². The van der Waals surface area contributed by atoms with Gasteiger partial charge in [-0.15, -0.1) is 0 Å². The molecule has 0 aliphatic carbocycles. The summed E-state index contributed by atoms with van der Waals surface area (Å²) in [6.07, 6.45) is -0.279. The van der Waals surface area contributed by atoms with E-state index in [1.807, 2.05) is 20.8 Å². The van der Waals surface area contributed by atoms with Crippen LogP contribution >= 0.6 is 11.6 Å². The quantitative estimate of drug-likeness (QED) is 0.205. The molecule has 0 unspecified atom stereocenters. The van der Waals surface area contributed by atoms with E-state index in [-0.39, 0.29) is 31.0 Å². The first-order valence-corrected chi connectivity index (χ1v) is 12.9. The Kier molecular flexibility index (Phi) is 10.5. The molecular weight excluding hydrogens is 530 g/mol. The van der Waals surface area contributed by atoms with E-state index in [1.165, 1.54) is 26.2 Å². The normalized spacial score (nSPS) is 18.8. The minimum atomic E-state index is -0.982. The summed E-state index contributed by atoms with van der Waals surface area (Å²) in [5.41, 5.74) is -0.741. The topological polar surface area (TPSA) is 136 Å². The van der Waals surface area contributed by atoms with Crippen LogP contribution in [0.2, 0.25) is 5.02 Å². The zero-order valence-corrected chi connectivity index (χ0v) is 24.8. The van der Waals surface area contributed by atoms with E-state index < -0.39 is 41.1 Å².